The molecule has 17 heavy (non-hydrogen) atoms. The average Bonchev–Trinajstić information content (AvgIpc) is 2.95. The number of carbonyl (C=O) groups excluding carboxylic acids is 1. The van der Waals surface area contributed by atoms with E-state index >= 15 is 0 Å². The second kappa shape index (κ2) is 4.60. The van der Waals surface area contributed by atoms with Crippen molar-refractivity contribution in [1.82, 2.24) is 10.2 Å². The Balaban J connectivity index is 1.59. The van der Waals surface area contributed by atoms with E-state index < -0.39 is 0 Å². The van der Waals surface area contributed by atoms with E-state index in [9.17, 15) is 4.79 Å². The van der Waals surface area contributed by atoms with E-state index in [4.69, 9.17) is 0 Å². The van der Waals surface area contributed by atoms with Crippen molar-refractivity contribution in [2.45, 2.75) is 63.3 Å². The van der Waals surface area contributed by atoms with E-state index in [1.807, 2.05) is 0 Å². The Labute approximate surface area is 104 Å². The molecule has 3 rings (SSSR count). The van der Waals surface area contributed by atoms with Crippen LogP contribution in [0.4, 0.5) is 0 Å². The van der Waals surface area contributed by atoms with Gasteiger partial charge in [-0.1, -0.05) is 32.1 Å². The molecule has 1 spiro atoms. The second-order valence-electron chi connectivity index (χ2n) is 6.16. The van der Waals surface area contributed by atoms with Gasteiger partial charge in [-0.15, -0.1) is 0 Å². The molecule has 0 radical (unpaired) electrons. The van der Waals surface area contributed by atoms with Gasteiger partial charge in [0, 0.05) is 6.54 Å². The van der Waals surface area contributed by atoms with Crippen LogP contribution in [-0.2, 0) is 4.79 Å². The minimum Gasteiger partial charge on any atom is -0.328 e. The Morgan fingerprint density at radius 3 is 2.53 bits per heavy atom. The topological polar surface area (TPSA) is 32.3 Å². The molecule has 1 N–H and O–H groups in total. The molecule has 3 heteroatoms. The Morgan fingerprint density at radius 2 is 1.82 bits per heavy atom. The van der Waals surface area contributed by atoms with Crippen molar-refractivity contribution in [2.75, 3.05) is 13.2 Å². The summed E-state index contributed by atoms with van der Waals surface area (Å²) in [4.78, 5) is 14.6. The van der Waals surface area contributed by atoms with Crippen molar-refractivity contribution in [2.24, 2.45) is 5.92 Å². The van der Waals surface area contributed by atoms with Crippen LogP contribution in [0.15, 0.2) is 0 Å². The van der Waals surface area contributed by atoms with Crippen molar-refractivity contribution in [3.63, 3.8) is 0 Å². The van der Waals surface area contributed by atoms with Gasteiger partial charge in [0.15, 0.2) is 0 Å². The van der Waals surface area contributed by atoms with Crippen molar-refractivity contribution >= 4 is 5.91 Å². The van der Waals surface area contributed by atoms with Gasteiger partial charge in [-0.25, -0.2) is 0 Å². The second-order valence-corrected chi connectivity index (χ2v) is 6.16. The summed E-state index contributed by atoms with van der Waals surface area (Å²) in [5.74, 6) is 1.17. The molecule has 1 heterocycles. The van der Waals surface area contributed by atoms with Crippen LogP contribution in [-0.4, -0.2) is 29.6 Å². The molecule has 3 aliphatic rings. The highest BCUT2D eigenvalue weighted by atomic mass is 16.2. The SMILES string of the molecule is O=C1N(CC2CCCCC2)CNC12CCCC2. The van der Waals surface area contributed by atoms with Crippen LogP contribution in [0.3, 0.4) is 0 Å². The maximum Gasteiger partial charge on any atom is 0.243 e. The predicted octanol–water partition coefficient (Wildman–Crippen LogP) is 2.27. The zero-order valence-corrected chi connectivity index (χ0v) is 10.7. The summed E-state index contributed by atoms with van der Waals surface area (Å²) in [6, 6.07) is 0. The van der Waals surface area contributed by atoms with Gasteiger partial charge in [0.25, 0.3) is 0 Å². The number of carbonyl (C=O) groups is 1. The molecule has 1 amide bonds. The molecule has 0 aromatic carbocycles. The summed E-state index contributed by atoms with van der Waals surface area (Å²) >= 11 is 0. The summed E-state index contributed by atoms with van der Waals surface area (Å²) in [5.41, 5.74) is -0.144. The first kappa shape index (κ1) is 11.5. The Bertz CT molecular complexity index is 291. The van der Waals surface area contributed by atoms with Gasteiger partial charge in [0.05, 0.1) is 12.2 Å². The van der Waals surface area contributed by atoms with E-state index in [1.165, 1.54) is 44.9 Å². The predicted molar refractivity (Wildman–Crippen MR) is 67.5 cm³/mol. The van der Waals surface area contributed by atoms with Gasteiger partial charge in [0.1, 0.15) is 0 Å². The smallest absolute Gasteiger partial charge is 0.243 e. The number of nitrogens with one attached hydrogen (secondary N) is 1. The van der Waals surface area contributed by atoms with Crippen molar-refractivity contribution in [3.05, 3.63) is 0 Å². The van der Waals surface area contributed by atoms with Crippen LogP contribution < -0.4 is 5.32 Å². The van der Waals surface area contributed by atoms with Gasteiger partial charge in [-0.2, -0.15) is 0 Å². The molecule has 0 unspecified atom stereocenters. The Hall–Kier alpha value is -0.570. The molecule has 3 fully saturated rings. The lowest BCUT2D eigenvalue weighted by molar-refractivity contribution is -0.132. The lowest BCUT2D eigenvalue weighted by Gasteiger charge is -2.27. The standard InChI is InChI=1S/C14H24N2O/c17-13-14(8-4-5-9-14)15-11-16(13)10-12-6-2-1-3-7-12/h12,15H,1-11H2. The maximum atomic E-state index is 12.5. The summed E-state index contributed by atoms with van der Waals surface area (Å²) in [7, 11) is 0. The van der Waals surface area contributed by atoms with Crippen LogP contribution >= 0.6 is 0 Å². The molecular weight excluding hydrogens is 212 g/mol. The Kier molecular flexibility index (Phi) is 3.12. The van der Waals surface area contributed by atoms with Crippen LogP contribution in [0.1, 0.15) is 57.8 Å². The van der Waals surface area contributed by atoms with E-state index in [0.29, 0.717) is 5.91 Å². The van der Waals surface area contributed by atoms with E-state index in [2.05, 4.69) is 10.2 Å². The van der Waals surface area contributed by atoms with Crippen LogP contribution in [0, 0.1) is 5.92 Å². The van der Waals surface area contributed by atoms with E-state index in [1.54, 1.807) is 0 Å². The highest BCUT2D eigenvalue weighted by Crippen LogP contribution is 2.35. The highest BCUT2D eigenvalue weighted by molar-refractivity contribution is 5.88. The van der Waals surface area contributed by atoms with Gasteiger partial charge in [0.2, 0.25) is 5.91 Å². The number of amides is 1. The van der Waals surface area contributed by atoms with Crippen molar-refractivity contribution < 1.29 is 4.79 Å². The molecule has 0 bridgehead atoms. The number of rotatable bonds is 2. The van der Waals surface area contributed by atoms with Crippen LogP contribution in [0.5, 0.6) is 0 Å². The zero-order chi connectivity index (χ0) is 11.7. The van der Waals surface area contributed by atoms with Crippen molar-refractivity contribution in [3.8, 4) is 0 Å². The minimum absolute atomic E-state index is 0.144. The molecule has 2 aliphatic carbocycles. The lowest BCUT2D eigenvalue weighted by atomic mass is 9.88. The molecule has 1 aliphatic heterocycles. The normalized spacial score (nSPS) is 29.4. The summed E-state index contributed by atoms with van der Waals surface area (Å²) < 4.78 is 0. The van der Waals surface area contributed by atoms with E-state index in [0.717, 1.165) is 32.0 Å². The van der Waals surface area contributed by atoms with E-state index in [-0.39, 0.29) is 5.54 Å². The Morgan fingerprint density at radius 1 is 1.12 bits per heavy atom. The molecule has 0 aromatic heterocycles. The molecule has 1 saturated heterocycles. The molecule has 0 aromatic rings. The van der Waals surface area contributed by atoms with Gasteiger partial charge < -0.3 is 4.90 Å². The molecule has 0 atom stereocenters. The van der Waals surface area contributed by atoms with Crippen LogP contribution in [0.2, 0.25) is 0 Å². The quantitative estimate of drug-likeness (QED) is 0.797. The first-order chi connectivity index (χ1) is 8.30. The molecule has 2 saturated carbocycles. The molecule has 3 nitrogen and oxygen atoms in total. The minimum atomic E-state index is -0.144. The first-order valence-electron chi connectivity index (χ1n) is 7.35. The molecule has 96 valence electrons. The van der Waals surface area contributed by atoms with Gasteiger partial charge >= 0.3 is 0 Å². The lowest BCUT2D eigenvalue weighted by Crippen LogP contribution is -2.44. The zero-order valence-electron chi connectivity index (χ0n) is 10.7. The largest absolute Gasteiger partial charge is 0.328 e. The fraction of sp³-hybridized carbons (Fsp3) is 0.929. The first-order valence-corrected chi connectivity index (χ1v) is 7.35. The number of hydrogen-bond acceptors (Lipinski definition) is 2. The summed E-state index contributed by atoms with van der Waals surface area (Å²) in [5, 5.41) is 3.50. The van der Waals surface area contributed by atoms with Crippen LogP contribution in [0.25, 0.3) is 0 Å². The summed E-state index contributed by atoms with van der Waals surface area (Å²) in [6.07, 6.45) is 11.3. The summed E-state index contributed by atoms with van der Waals surface area (Å²) in [6.45, 7) is 1.81. The van der Waals surface area contributed by atoms with Crippen molar-refractivity contribution in [1.29, 1.82) is 0 Å². The number of hydrogen-bond donors (Lipinski definition) is 1. The third kappa shape index (κ3) is 2.10. The number of nitrogens with zero attached hydrogens (tertiary/aromatic N) is 1. The maximum absolute atomic E-state index is 12.5. The third-order valence-electron chi connectivity index (χ3n) is 4.97. The fourth-order valence-electron chi connectivity index (χ4n) is 3.89. The van der Waals surface area contributed by atoms with Gasteiger partial charge in [-0.3, -0.25) is 10.1 Å². The molecular formula is C14H24N2O. The monoisotopic (exact) mass is 236 g/mol. The fourth-order valence-corrected chi connectivity index (χ4v) is 3.89. The third-order valence-corrected chi connectivity index (χ3v) is 4.97. The van der Waals surface area contributed by atoms with Gasteiger partial charge in [-0.05, 0) is 31.6 Å². The average molecular weight is 236 g/mol. The highest BCUT2D eigenvalue weighted by Gasteiger charge is 2.48.